The second-order valence-electron chi connectivity index (χ2n) is 2.81. The molecule has 1 N–H and O–H groups in total. The molecule has 0 aromatic carbocycles. The Hall–Kier alpha value is -0.300. The van der Waals surface area contributed by atoms with Crippen LogP contribution in [0.5, 0.6) is 0 Å². The first-order chi connectivity index (χ1) is 4.34. The molecule has 0 aromatic rings. The van der Waals surface area contributed by atoms with E-state index in [1.54, 1.807) is 0 Å². The molecule has 1 nitrogen and oxygen atoms in total. The fraction of sp³-hybridized carbons (Fsp3) is 0.750. The van der Waals surface area contributed by atoms with Crippen molar-refractivity contribution in [3.8, 4) is 0 Å². The molecule has 0 spiro atoms. The van der Waals surface area contributed by atoms with Crippen LogP contribution in [-0.4, -0.2) is 11.7 Å². The molecular weight excluding hydrogens is 112 g/mol. The highest BCUT2D eigenvalue weighted by Gasteiger charge is 2.15. The highest BCUT2D eigenvalue weighted by molar-refractivity contribution is 4.94. The van der Waals surface area contributed by atoms with Crippen LogP contribution in [0, 0.1) is 11.8 Å². The molecule has 0 saturated heterocycles. The van der Waals surface area contributed by atoms with Crippen LogP contribution in [0.25, 0.3) is 0 Å². The van der Waals surface area contributed by atoms with Crippen LogP contribution in [0.15, 0.2) is 12.2 Å². The average molecular weight is 126 g/mol. The number of rotatable bonds is 1. The SMILES string of the molecule is CC1C=CCCC1CO. The van der Waals surface area contributed by atoms with Crippen LogP contribution in [0.2, 0.25) is 0 Å². The van der Waals surface area contributed by atoms with E-state index in [1.807, 2.05) is 0 Å². The summed E-state index contributed by atoms with van der Waals surface area (Å²) in [5.74, 6) is 1.11. The Balaban J connectivity index is 2.44. The molecule has 1 aliphatic carbocycles. The molecule has 2 atom stereocenters. The number of aliphatic hydroxyl groups excluding tert-OH is 1. The molecule has 1 rings (SSSR count). The summed E-state index contributed by atoms with van der Waals surface area (Å²) in [7, 11) is 0. The van der Waals surface area contributed by atoms with E-state index in [4.69, 9.17) is 5.11 Å². The zero-order valence-electron chi connectivity index (χ0n) is 5.88. The lowest BCUT2D eigenvalue weighted by molar-refractivity contribution is 0.187. The molecular formula is C8H14O. The van der Waals surface area contributed by atoms with E-state index in [0.717, 1.165) is 12.8 Å². The number of aliphatic hydroxyl groups is 1. The lowest BCUT2D eigenvalue weighted by Gasteiger charge is -2.21. The molecule has 0 radical (unpaired) electrons. The Labute approximate surface area is 56.4 Å². The Bertz CT molecular complexity index is 107. The van der Waals surface area contributed by atoms with E-state index in [1.165, 1.54) is 0 Å². The lowest BCUT2D eigenvalue weighted by atomic mass is 9.86. The first-order valence-corrected chi connectivity index (χ1v) is 3.62. The molecule has 0 heterocycles. The molecule has 0 aromatic heterocycles. The Morgan fingerprint density at radius 2 is 2.44 bits per heavy atom. The molecule has 9 heavy (non-hydrogen) atoms. The smallest absolute Gasteiger partial charge is 0.0464 e. The van der Waals surface area contributed by atoms with Crippen LogP contribution in [0.1, 0.15) is 19.8 Å². The normalized spacial score (nSPS) is 34.9. The Morgan fingerprint density at radius 3 is 2.89 bits per heavy atom. The monoisotopic (exact) mass is 126 g/mol. The summed E-state index contributed by atoms with van der Waals surface area (Å²) in [6.07, 6.45) is 6.71. The van der Waals surface area contributed by atoms with Crippen molar-refractivity contribution < 1.29 is 5.11 Å². The quantitative estimate of drug-likeness (QED) is 0.529. The van der Waals surface area contributed by atoms with Crippen LogP contribution in [0.4, 0.5) is 0 Å². The summed E-state index contributed by atoms with van der Waals surface area (Å²) in [6.45, 7) is 2.52. The van der Waals surface area contributed by atoms with Gasteiger partial charge < -0.3 is 5.11 Å². The van der Waals surface area contributed by atoms with E-state index in [-0.39, 0.29) is 0 Å². The lowest BCUT2D eigenvalue weighted by Crippen LogP contribution is -2.16. The largest absolute Gasteiger partial charge is 0.396 e. The first kappa shape index (κ1) is 6.81. The van der Waals surface area contributed by atoms with Gasteiger partial charge >= 0.3 is 0 Å². The minimum absolute atomic E-state index is 0.353. The van der Waals surface area contributed by atoms with Crippen LogP contribution >= 0.6 is 0 Å². The molecule has 1 aliphatic rings. The van der Waals surface area contributed by atoms with E-state index in [2.05, 4.69) is 19.1 Å². The molecule has 0 fully saturated rings. The van der Waals surface area contributed by atoms with Gasteiger partial charge in [-0.3, -0.25) is 0 Å². The highest BCUT2D eigenvalue weighted by Crippen LogP contribution is 2.22. The van der Waals surface area contributed by atoms with Gasteiger partial charge in [-0.15, -0.1) is 0 Å². The molecule has 0 amide bonds. The van der Waals surface area contributed by atoms with Gasteiger partial charge in [-0.25, -0.2) is 0 Å². The van der Waals surface area contributed by atoms with Gasteiger partial charge in [0, 0.05) is 6.61 Å². The van der Waals surface area contributed by atoms with Gasteiger partial charge in [0.15, 0.2) is 0 Å². The molecule has 2 unspecified atom stereocenters. The van der Waals surface area contributed by atoms with Crippen molar-refractivity contribution in [3.63, 3.8) is 0 Å². The summed E-state index contributed by atoms with van der Waals surface area (Å²) in [6, 6.07) is 0. The minimum Gasteiger partial charge on any atom is -0.396 e. The standard InChI is InChI=1S/C8H14O/c1-7-4-2-3-5-8(7)6-9/h2,4,7-9H,3,5-6H2,1H3. The van der Waals surface area contributed by atoms with Crippen molar-refractivity contribution in [1.29, 1.82) is 0 Å². The summed E-state index contributed by atoms with van der Waals surface area (Å²) >= 11 is 0. The van der Waals surface area contributed by atoms with Crippen molar-refractivity contribution in [1.82, 2.24) is 0 Å². The van der Waals surface area contributed by atoms with Crippen LogP contribution in [-0.2, 0) is 0 Å². The van der Waals surface area contributed by atoms with Gasteiger partial charge in [0.1, 0.15) is 0 Å². The fourth-order valence-electron chi connectivity index (χ4n) is 1.30. The highest BCUT2D eigenvalue weighted by atomic mass is 16.3. The van der Waals surface area contributed by atoms with E-state index in [9.17, 15) is 0 Å². The van der Waals surface area contributed by atoms with E-state index in [0.29, 0.717) is 18.4 Å². The minimum atomic E-state index is 0.353. The summed E-state index contributed by atoms with van der Waals surface area (Å²) in [5.41, 5.74) is 0. The molecule has 52 valence electrons. The first-order valence-electron chi connectivity index (χ1n) is 3.62. The van der Waals surface area contributed by atoms with Crippen molar-refractivity contribution in [2.24, 2.45) is 11.8 Å². The van der Waals surface area contributed by atoms with Crippen molar-refractivity contribution in [3.05, 3.63) is 12.2 Å². The summed E-state index contributed by atoms with van der Waals surface area (Å²) < 4.78 is 0. The average Bonchev–Trinajstić information content (AvgIpc) is 1.89. The molecule has 0 aliphatic heterocycles. The number of hydrogen-bond acceptors (Lipinski definition) is 1. The maximum absolute atomic E-state index is 8.83. The van der Waals surface area contributed by atoms with Gasteiger partial charge in [-0.1, -0.05) is 19.1 Å². The Morgan fingerprint density at radius 1 is 1.67 bits per heavy atom. The van der Waals surface area contributed by atoms with Gasteiger partial charge in [0.2, 0.25) is 0 Å². The van der Waals surface area contributed by atoms with Gasteiger partial charge in [0.25, 0.3) is 0 Å². The van der Waals surface area contributed by atoms with E-state index >= 15 is 0 Å². The molecule has 1 heteroatoms. The second-order valence-corrected chi connectivity index (χ2v) is 2.81. The van der Waals surface area contributed by atoms with Crippen molar-refractivity contribution in [2.45, 2.75) is 19.8 Å². The molecule has 0 bridgehead atoms. The number of allylic oxidation sites excluding steroid dienone is 2. The maximum Gasteiger partial charge on any atom is 0.0464 e. The Kier molecular flexibility index (Phi) is 2.29. The third kappa shape index (κ3) is 1.55. The maximum atomic E-state index is 8.83. The predicted octanol–water partition coefficient (Wildman–Crippen LogP) is 1.58. The third-order valence-corrected chi connectivity index (χ3v) is 2.12. The zero-order valence-corrected chi connectivity index (χ0v) is 5.88. The van der Waals surface area contributed by atoms with Crippen LogP contribution in [0.3, 0.4) is 0 Å². The van der Waals surface area contributed by atoms with Gasteiger partial charge in [-0.05, 0) is 24.7 Å². The molecule has 0 saturated carbocycles. The van der Waals surface area contributed by atoms with Gasteiger partial charge in [-0.2, -0.15) is 0 Å². The third-order valence-electron chi connectivity index (χ3n) is 2.12. The fourth-order valence-corrected chi connectivity index (χ4v) is 1.30. The van der Waals surface area contributed by atoms with Crippen molar-refractivity contribution >= 4 is 0 Å². The predicted molar refractivity (Wildman–Crippen MR) is 38.1 cm³/mol. The number of hydrogen-bond donors (Lipinski definition) is 1. The van der Waals surface area contributed by atoms with E-state index < -0.39 is 0 Å². The van der Waals surface area contributed by atoms with Crippen LogP contribution < -0.4 is 0 Å². The summed E-state index contributed by atoms with van der Waals surface area (Å²) in [5, 5.41) is 8.83. The van der Waals surface area contributed by atoms with Gasteiger partial charge in [0.05, 0.1) is 0 Å². The second kappa shape index (κ2) is 3.02. The topological polar surface area (TPSA) is 20.2 Å². The zero-order chi connectivity index (χ0) is 6.69. The van der Waals surface area contributed by atoms with Crippen molar-refractivity contribution in [2.75, 3.05) is 6.61 Å². The summed E-state index contributed by atoms with van der Waals surface area (Å²) in [4.78, 5) is 0.